The fourth-order valence-electron chi connectivity index (χ4n) is 2.73. The van der Waals surface area contributed by atoms with E-state index in [1.54, 1.807) is 62.4 Å². The van der Waals surface area contributed by atoms with Crippen molar-refractivity contribution in [2.45, 2.75) is 44.7 Å². The fourth-order valence-corrected chi connectivity index (χ4v) is 3.09. The molecule has 1 N–H and O–H groups in total. The Balaban J connectivity index is 2.14. The number of esters is 1. The minimum absolute atomic E-state index is 0.117. The lowest BCUT2D eigenvalue weighted by Gasteiger charge is -2.29. The average Bonchev–Trinajstić information content (AvgIpc) is 2.72. The molecule has 31 heavy (non-hydrogen) atoms. The number of alkyl carbamates (subject to hydrolysis) is 1. The summed E-state index contributed by atoms with van der Waals surface area (Å²) < 4.78 is 32.3. The van der Waals surface area contributed by atoms with E-state index in [0.29, 0.717) is 24.2 Å². The van der Waals surface area contributed by atoms with Crippen LogP contribution in [0.5, 0.6) is 0 Å². The van der Waals surface area contributed by atoms with Gasteiger partial charge in [0, 0.05) is 30.1 Å². The molecule has 168 valence electrons. The van der Waals surface area contributed by atoms with E-state index in [-0.39, 0.29) is 6.61 Å². The Morgan fingerprint density at radius 3 is 2.29 bits per heavy atom. The fraction of sp³-hybridized carbons (Fsp3) is 0.391. The molecule has 0 heterocycles. The first-order valence-electron chi connectivity index (χ1n) is 9.78. The molecule has 0 aliphatic heterocycles. The Labute approximate surface area is 195 Å². The van der Waals surface area contributed by atoms with Crippen LogP contribution in [0.25, 0.3) is 0 Å². The van der Waals surface area contributed by atoms with Crippen molar-refractivity contribution < 1.29 is 28.2 Å². The van der Waals surface area contributed by atoms with E-state index in [4.69, 9.17) is 14.2 Å². The van der Waals surface area contributed by atoms with Crippen molar-refractivity contribution in [2.75, 3.05) is 13.7 Å². The van der Waals surface area contributed by atoms with Crippen LogP contribution >= 0.6 is 22.6 Å². The molecule has 0 aliphatic carbocycles. The molecule has 0 aromatic heterocycles. The minimum Gasteiger partial charge on any atom is -0.457 e. The number of benzene rings is 2. The first-order valence-corrected chi connectivity index (χ1v) is 10.9. The largest absolute Gasteiger partial charge is 0.457 e. The van der Waals surface area contributed by atoms with Crippen molar-refractivity contribution in [3.8, 4) is 0 Å². The van der Waals surface area contributed by atoms with E-state index in [9.17, 15) is 9.59 Å². The topological polar surface area (TPSA) is 73.9 Å². The highest BCUT2D eigenvalue weighted by atomic mass is 127. The second kappa shape index (κ2) is 11.4. The molecule has 0 aliphatic rings. The molecule has 0 unspecified atom stereocenters. The molecule has 0 radical (unpaired) electrons. The van der Waals surface area contributed by atoms with Gasteiger partial charge in [0.25, 0.3) is 5.79 Å². The number of rotatable bonds is 10. The summed E-state index contributed by atoms with van der Waals surface area (Å²) in [5.74, 6) is -3.99. The van der Waals surface area contributed by atoms with Crippen molar-refractivity contribution >= 4 is 34.7 Å². The lowest BCUT2D eigenvalue weighted by atomic mass is 10.0. The van der Waals surface area contributed by atoms with Crippen LogP contribution in [0.3, 0.4) is 0 Å². The van der Waals surface area contributed by atoms with Crippen molar-refractivity contribution in [1.82, 2.24) is 5.32 Å². The predicted molar refractivity (Wildman–Crippen MR) is 123 cm³/mol. The minimum atomic E-state index is -2.80. The molecular weight excluding hydrogens is 516 g/mol. The van der Waals surface area contributed by atoms with Crippen molar-refractivity contribution in [3.63, 3.8) is 0 Å². The first-order chi connectivity index (χ1) is 14.6. The molecule has 8 heteroatoms. The molecule has 0 saturated heterocycles. The van der Waals surface area contributed by atoms with Gasteiger partial charge in [0.2, 0.25) is 0 Å². The summed E-state index contributed by atoms with van der Waals surface area (Å²) in [4.78, 5) is 25.1. The van der Waals surface area contributed by atoms with Crippen molar-refractivity contribution in [3.05, 3.63) is 69.3 Å². The molecule has 1 atom stereocenters. The van der Waals surface area contributed by atoms with Gasteiger partial charge in [-0.25, -0.2) is 14.0 Å². The van der Waals surface area contributed by atoms with Crippen molar-refractivity contribution in [1.29, 1.82) is 0 Å². The third kappa shape index (κ3) is 8.45. The van der Waals surface area contributed by atoms with Crippen molar-refractivity contribution in [2.24, 2.45) is 0 Å². The maximum atomic E-state index is 15.8. The monoisotopic (exact) mass is 543 g/mol. The van der Waals surface area contributed by atoms with E-state index in [2.05, 4.69) is 27.9 Å². The summed E-state index contributed by atoms with van der Waals surface area (Å²) in [5.41, 5.74) is 0.326. The number of halogens is 2. The third-order valence-electron chi connectivity index (χ3n) is 4.47. The number of hydrogen-bond donors (Lipinski definition) is 1. The van der Waals surface area contributed by atoms with Crippen LogP contribution in [-0.4, -0.2) is 37.2 Å². The van der Waals surface area contributed by atoms with E-state index in [1.807, 2.05) is 6.07 Å². The van der Waals surface area contributed by atoms with Crippen LogP contribution < -0.4 is 5.32 Å². The zero-order valence-electron chi connectivity index (χ0n) is 17.8. The first kappa shape index (κ1) is 25.1. The summed E-state index contributed by atoms with van der Waals surface area (Å²) in [6, 6.07) is 15.9. The van der Waals surface area contributed by atoms with Gasteiger partial charge in [0.05, 0.1) is 0 Å². The maximum absolute atomic E-state index is 15.8. The maximum Gasteiger partial charge on any atom is 0.410 e. The standard InChI is InChI=1S/C23H27FINO5/c1-22(2,13-14-29-3)31-21(28)26-23(24,15-17-9-11-19(25)12-10-17)20(27)30-16-18-7-5-4-6-8-18/h4-12H,13-16H2,1-3H3,(H,26,28)/t23-/m0/s1. The summed E-state index contributed by atoms with van der Waals surface area (Å²) in [6.07, 6.45) is -1.04. The zero-order chi connectivity index (χ0) is 22.9. The Kier molecular flexibility index (Phi) is 9.24. The van der Waals surface area contributed by atoms with E-state index in [0.717, 1.165) is 3.57 Å². The average molecular weight is 543 g/mol. The number of carbonyl (C=O) groups excluding carboxylic acids is 2. The van der Waals surface area contributed by atoms with Gasteiger partial charge in [-0.05, 0) is 59.7 Å². The molecule has 2 aromatic carbocycles. The number of hydrogen-bond acceptors (Lipinski definition) is 5. The van der Waals surface area contributed by atoms with Gasteiger partial charge in [-0.3, -0.25) is 5.32 Å². The number of amides is 1. The molecule has 0 fully saturated rings. The normalized spacial score (nSPS) is 13.2. The Bertz CT molecular complexity index is 860. The quantitative estimate of drug-likeness (QED) is 0.265. The highest BCUT2D eigenvalue weighted by Crippen LogP contribution is 2.22. The Morgan fingerprint density at radius 1 is 1.03 bits per heavy atom. The number of methoxy groups -OCH3 is 1. The molecule has 0 spiro atoms. The highest BCUT2D eigenvalue weighted by Gasteiger charge is 2.43. The van der Waals surface area contributed by atoms with Crippen LogP contribution in [0.2, 0.25) is 0 Å². The lowest BCUT2D eigenvalue weighted by molar-refractivity contribution is -0.161. The number of carbonyl (C=O) groups is 2. The van der Waals surface area contributed by atoms with Crippen LogP contribution in [0.4, 0.5) is 9.18 Å². The SMILES string of the molecule is COCCC(C)(C)OC(=O)N[C@@](F)(Cc1ccc(I)cc1)C(=O)OCc1ccccc1. The van der Waals surface area contributed by atoms with Gasteiger partial charge in [-0.2, -0.15) is 0 Å². The molecule has 0 saturated carbocycles. The van der Waals surface area contributed by atoms with Crippen LogP contribution in [-0.2, 0) is 32.0 Å². The second-order valence-corrected chi connectivity index (χ2v) is 8.93. The summed E-state index contributed by atoms with van der Waals surface area (Å²) in [5, 5.41) is 2.08. The van der Waals surface area contributed by atoms with Crippen LogP contribution in [0, 0.1) is 3.57 Å². The number of nitrogens with one attached hydrogen (secondary N) is 1. The van der Waals surface area contributed by atoms with Gasteiger partial charge in [0.1, 0.15) is 12.2 Å². The van der Waals surface area contributed by atoms with E-state index >= 15 is 4.39 Å². The Morgan fingerprint density at radius 2 is 1.68 bits per heavy atom. The Hall–Kier alpha value is -2.20. The van der Waals surface area contributed by atoms with Gasteiger partial charge in [-0.15, -0.1) is 0 Å². The van der Waals surface area contributed by atoms with Crippen LogP contribution in [0.15, 0.2) is 54.6 Å². The molecule has 2 aromatic rings. The van der Waals surface area contributed by atoms with Gasteiger partial charge in [0.15, 0.2) is 0 Å². The third-order valence-corrected chi connectivity index (χ3v) is 5.19. The highest BCUT2D eigenvalue weighted by molar-refractivity contribution is 14.1. The molecule has 1 amide bonds. The lowest BCUT2D eigenvalue weighted by Crippen LogP contribution is -2.54. The molecule has 2 rings (SSSR count). The van der Waals surface area contributed by atoms with Crippen LogP contribution in [0.1, 0.15) is 31.4 Å². The smallest absolute Gasteiger partial charge is 0.410 e. The van der Waals surface area contributed by atoms with E-state index in [1.165, 1.54) is 7.11 Å². The van der Waals surface area contributed by atoms with Gasteiger partial charge < -0.3 is 14.2 Å². The molecule has 6 nitrogen and oxygen atoms in total. The summed E-state index contributed by atoms with van der Waals surface area (Å²) in [7, 11) is 1.53. The number of ether oxygens (including phenoxy) is 3. The zero-order valence-corrected chi connectivity index (χ0v) is 20.0. The van der Waals surface area contributed by atoms with Gasteiger partial charge >= 0.3 is 12.1 Å². The van der Waals surface area contributed by atoms with E-state index < -0.39 is 29.9 Å². The summed E-state index contributed by atoms with van der Waals surface area (Å²) >= 11 is 2.13. The van der Waals surface area contributed by atoms with Gasteiger partial charge in [-0.1, -0.05) is 42.5 Å². The predicted octanol–water partition coefficient (Wildman–Crippen LogP) is 4.78. The molecule has 0 bridgehead atoms. The second-order valence-electron chi connectivity index (χ2n) is 7.68. The summed E-state index contributed by atoms with van der Waals surface area (Å²) in [6.45, 7) is 3.60. The number of alkyl halides is 1. The molecular formula is C23H27FINO5.